The SMILES string of the molecule is CCN(Cc1cc(C(F)(F)F)ccc1-c1cc(CC(=O)O)ccc1OC)C(=O)Nc1ccccc1Br. The summed E-state index contributed by atoms with van der Waals surface area (Å²) in [6, 6.07) is 14.5. The summed E-state index contributed by atoms with van der Waals surface area (Å²) in [5.74, 6) is -0.675. The van der Waals surface area contributed by atoms with Crippen LogP contribution in [0, 0.1) is 0 Å². The number of carbonyl (C=O) groups is 2. The van der Waals surface area contributed by atoms with Crippen LogP contribution in [-0.4, -0.2) is 35.7 Å². The molecule has 3 aromatic carbocycles. The molecule has 0 fully saturated rings. The summed E-state index contributed by atoms with van der Waals surface area (Å²) >= 11 is 3.36. The third-order valence-corrected chi connectivity index (χ3v) is 6.18. The summed E-state index contributed by atoms with van der Waals surface area (Å²) in [7, 11) is 1.42. The Morgan fingerprint density at radius 2 is 1.78 bits per heavy atom. The predicted molar refractivity (Wildman–Crippen MR) is 134 cm³/mol. The maximum absolute atomic E-state index is 13.6. The van der Waals surface area contributed by atoms with Gasteiger partial charge >= 0.3 is 18.2 Å². The minimum atomic E-state index is -4.59. The summed E-state index contributed by atoms with van der Waals surface area (Å²) in [4.78, 5) is 25.6. The van der Waals surface area contributed by atoms with Crippen LogP contribution in [0.3, 0.4) is 0 Å². The largest absolute Gasteiger partial charge is 0.496 e. The fourth-order valence-corrected chi connectivity index (χ4v) is 4.09. The van der Waals surface area contributed by atoms with E-state index >= 15 is 0 Å². The van der Waals surface area contributed by atoms with Gasteiger partial charge in [-0.3, -0.25) is 4.79 Å². The Balaban J connectivity index is 2.06. The average molecular weight is 565 g/mol. The van der Waals surface area contributed by atoms with Crippen LogP contribution in [0.1, 0.15) is 23.6 Å². The number of halogens is 4. The van der Waals surface area contributed by atoms with Gasteiger partial charge in [-0.25, -0.2) is 4.79 Å². The zero-order valence-corrected chi connectivity index (χ0v) is 21.1. The van der Waals surface area contributed by atoms with E-state index in [2.05, 4.69) is 21.2 Å². The van der Waals surface area contributed by atoms with Crippen LogP contribution < -0.4 is 10.1 Å². The molecule has 3 rings (SSSR count). The van der Waals surface area contributed by atoms with Crippen molar-refractivity contribution < 1.29 is 32.6 Å². The van der Waals surface area contributed by atoms with E-state index in [0.29, 0.717) is 32.6 Å². The number of anilines is 1. The number of hydrogen-bond donors (Lipinski definition) is 2. The smallest absolute Gasteiger partial charge is 0.416 e. The second kappa shape index (κ2) is 11.5. The van der Waals surface area contributed by atoms with Crippen molar-refractivity contribution in [2.45, 2.75) is 26.1 Å². The van der Waals surface area contributed by atoms with Crippen molar-refractivity contribution in [3.63, 3.8) is 0 Å². The molecule has 0 aromatic heterocycles. The van der Waals surface area contributed by atoms with Crippen LogP contribution in [0.25, 0.3) is 11.1 Å². The molecular formula is C26H24BrF3N2O4. The Kier molecular flexibility index (Phi) is 8.62. The van der Waals surface area contributed by atoms with E-state index < -0.39 is 23.7 Å². The Morgan fingerprint density at radius 3 is 2.39 bits per heavy atom. The molecule has 0 saturated heterocycles. The second-order valence-corrected chi connectivity index (χ2v) is 8.75. The van der Waals surface area contributed by atoms with E-state index in [9.17, 15) is 27.9 Å². The highest BCUT2D eigenvalue weighted by atomic mass is 79.9. The fourth-order valence-electron chi connectivity index (χ4n) is 3.70. The van der Waals surface area contributed by atoms with E-state index in [1.807, 2.05) is 0 Å². The Hall–Kier alpha value is -3.53. The number of carboxylic acids is 1. The summed E-state index contributed by atoms with van der Waals surface area (Å²) in [6.45, 7) is 1.82. The molecule has 0 aliphatic carbocycles. The monoisotopic (exact) mass is 564 g/mol. The third kappa shape index (κ3) is 6.57. The van der Waals surface area contributed by atoms with Crippen molar-refractivity contribution in [3.05, 3.63) is 81.8 Å². The van der Waals surface area contributed by atoms with Crippen LogP contribution in [0.4, 0.5) is 23.7 Å². The minimum absolute atomic E-state index is 0.127. The molecule has 36 heavy (non-hydrogen) atoms. The molecule has 0 bridgehead atoms. The molecule has 0 aliphatic rings. The van der Waals surface area contributed by atoms with Crippen molar-refractivity contribution in [1.82, 2.24) is 4.90 Å². The number of hydrogen-bond acceptors (Lipinski definition) is 3. The zero-order chi connectivity index (χ0) is 26.5. The summed E-state index contributed by atoms with van der Waals surface area (Å²) in [5, 5.41) is 11.9. The fraction of sp³-hybridized carbons (Fsp3) is 0.231. The van der Waals surface area contributed by atoms with E-state index in [1.54, 1.807) is 49.4 Å². The molecule has 6 nitrogen and oxygen atoms in total. The van der Waals surface area contributed by atoms with E-state index in [-0.39, 0.29) is 25.1 Å². The van der Waals surface area contributed by atoms with Gasteiger partial charge in [0.1, 0.15) is 5.75 Å². The molecule has 0 atom stereocenters. The van der Waals surface area contributed by atoms with Gasteiger partial charge in [0.15, 0.2) is 0 Å². The average Bonchev–Trinajstić information content (AvgIpc) is 2.82. The van der Waals surface area contributed by atoms with Crippen molar-refractivity contribution in [2.24, 2.45) is 0 Å². The maximum Gasteiger partial charge on any atom is 0.416 e. The maximum atomic E-state index is 13.6. The lowest BCUT2D eigenvalue weighted by molar-refractivity contribution is -0.138. The van der Waals surface area contributed by atoms with Crippen molar-refractivity contribution >= 4 is 33.6 Å². The molecular weight excluding hydrogens is 541 g/mol. The molecule has 0 heterocycles. The summed E-state index contributed by atoms with van der Waals surface area (Å²) in [6.07, 6.45) is -4.85. The Bertz CT molecular complexity index is 1260. The first-order chi connectivity index (χ1) is 17.0. The van der Waals surface area contributed by atoms with Gasteiger partial charge in [0.05, 0.1) is 24.8 Å². The highest BCUT2D eigenvalue weighted by Gasteiger charge is 2.31. The second-order valence-electron chi connectivity index (χ2n) is 7.90. The van der Waals surface area contributed by atoms with Crippen molar-refractivity contribution in [3.8, 4) is 16.9 Å². The molecule has 10 heteroatoms. The highest BCUT2D eigenvalue weighted by Crippen LogP contribution is 2.38. The van der Waals surface area contributed by atoms with Gasteiger partial charge in [-0.1, -0.05) is 24.3 Å². The third-order valence-electron chi connectivity index (χ3n) is 5.49. The number of urea groups is 1. The van der Waals surface area contributed by atoms with Crippen molar-refractivity contribution in [1.29, 1.82) is 0 Å². The van der Waals surface area contributed by atoms with Gasteiger partial charge < -0.3 is 20.1 Å². The molecule has 2 amide bonds. The first-order valence-electron chi connectivity index (χ1n) is 10.9. The minimum Gasteiger partial charge on any atom is -0.496 e. The van der Waals surface area contributed by atoms with E-state index in [4.69, 9.17) is 4.74 Å². The normalized spacial score (nSPS) is 11.2. The van der Waals surface area contributed by atoms with Gasteiger partial charge in [-0.15, -0.1) is 0 Å². The summed E-state index contributed by atoms with van der Waals surface area (Å²) in [5.41, 5.74) is 1.20. The molecule has 190 valence electrons. The molecule has 0 radical (unpaired) electrons. The first kappa shape index (κ1) is 27.1. The lowest BCUT2D eigenvalue weighted by atomic mass is 9.94. The topological polar surface area (TPSA) is 78.9 Å². The molecule has 0 saturated carbocycles. The molecule has 0 spiro atoms. The number of alkyl halides is 3. The standard InChI is InChI=1S/C26H24BrF3N2O4/c1-3-32(25(35)31-22-7-5-4-6-21(22)27)15-17-14-18(26(28,29)30)9-10-19(17)20-12-16(13-24(33)34)8-11-23(20)36-2/h4-12,14H,3,13,15H2,1-2H3,(H,31,35)(H,33,34). The molecule has 0 aliphatic heterocycles. The number of nitrogens with one attached hydrogen (secondary N) is 1. The van der Waals surface area contributed by atoms with Crippen molar-refractivity contribution in [2.75, 3.05) is 19.0 Å². The quantitative estimate of drug-likeness (QED) is 0.314. The number of ether oxygens (including phenoxy) is 1. The molecule has 3 aromatic rings. The lowest BCUT2D eigenvalue weighted by Gasteiger charge is -2.24. The first-order valence-corrected chi connectivity index (χ1v) is 11.7. The number of methoxy groups -OCH3 is 1. The van der Waals surface area contributed by atoms with Gasteiger partial charge in [0, 0.05) is 23.1 Å². The van der Waals surface area contributed by atoms with E-state index in [0.717, 1.165) is 12.1 Å². The molecule has 2 N–H and O–H groups in total. The highest BCUT2D eigenvalue weighted by molar-refractivity contribution is 9.10. The number of carboxylic acid groups (broad SMARTS) is 1. The van der Waals surface area contributed by atoms with Crippen LogP contribution in [0.5, 0.6) is 5.75 Å². The number of aliphatic carboxylic acids is 1. The Morgan fingerprint density at radius 1 is 1.06 bits per heavy atom. The van der Waals surface area contributed by atoms with Gasteiger partial charge in [-0.2, -0.15) is 13.2 Å². The number of para-hydroxylation sites is 1. The number of nitrogens with zero attached hydrogens (tertiary/aromatic N) is 1. The number of carbonyl (C=O) groups excluding carboxylic acids is 1. The number of amides is 2. The lowest BCUT2D eigenvalue weighted by Crippen LogP contribution is -2.34. The van der Waals surface area contributed by atoms with Crippen LogP contribution in [0.15, 0.2) is 65.1 Å². The number of benzene rings is 3. The van der Waals surface area contributed by atoms with Crippen LogP contribution in [-0.2, 0) is 23.9 Å². The zero-order valence-electron chi connectivity index (χ0n) is 19.5. The molecule has 0 unspecified atom stereocenters. The van der Waals surface area contributed by atoms with Crippen LogP contribution >= 0.6 is 15.9 Å². The van der Waals surface area contributed by atoms with Gasteiger partial charge in [0.25, 0.3) is 0 Å². The number of rotatable bonds is 8. The van der Waals surface area contributed by atoms with Crippen LogP contribution in [0.2, 0.25) is 0 Å². The summed E-state index contributed by atoms with van der Waals surface area (Å²) < 4.78 is 46.8. The predicted octanol–water partition coefficient (Wildman–Crippen LogP) is 6.82. The Labute approximate surface area is 214 Å². The van der Waals surface area contributed by atoms with E-state index in [1.165, 1.54) is 18.1 Å². The van der Waals surface area contributed by atoms with Gasteiger partial charge in [0.2, 0.25) is 0 Å². The van der Waals surface area contributed by atoms with Gasteiger partial charge in [-0.05, 0) is 75.9 Å².